The molecule has 1 aliphatic rings. The molecule has 0 aliphatic carbocycles. The minimum absolute atomic E-state index is 0.126. The van der Waals surface area contributed by atoms with Crippen LogP contribution in [0.1, 0.15) is 16.6 Å². The van der Waals surface area contributed by atoms with Crippen molar-refractivity contribution in [2.45, 2.75) is 13.2 Å². The first-order valence-electron chi connectivity index (χ1n) is 5.69. The first-order valence-corrected chi connectivity index (χ1v) is 7.80. The van der Waals surface area contributed by atoms with Crippen LogP contribution in [0.15, 0.2) is 33.6 Å². The molecule has 0 bridgehead atoms. The molecule has 0 aromatic carbocycles. The number of ether oxygens (including phenoxy) is 1. The number of nitrogens with one attached hydrogen (secondary N) is 2. The van der Waals surface area contributed by atoms with Crippen LogP contribution in [0.4, 0.5) is 0 Å². The van der Waals surface area contributed by atoms with Crippen LogP contribution in [-0.2, 0) is 4.74 Å². The predicted molar refractivity (Wildman–Crippen MR) is 79.4 cm³/mol. The highest BCUT2D eigenvalue weighted by Gasteiger charge is 2.13. The highest BCUT2D eigenvalue weighted by Crippen LogP contribution is 2.14. The third-order valence-corrected chi connectivity index (χ3v) is 3.92. The molecule has 2 N–H and O–H groups in total. The maximum Gasteiger partial charge on any atom is 0.263 e. The van der Waals surface area contributed by atoms with Crippen molar-refractivity contribution in [3.05, 3.63) is 33.5 Å². The summed E-state index contributed by atoms with van der Waals surface area (Å²) in [5.41, 5.74) is 0. The predicted octanol–water partition coefficient (Wildman–Crippen LogP) is 2.00. The van der Waals surface area contributed by atoms with E-state index in [0.29, 0.717) is 4.88 Å². The molecular formula is C12H15N3O2S2. The Morgan fingerprint density at radius 2 is 2.53 bits per heavy atom. The summed E-state index contributed by atoms with van der Waals surface area (Å²) in [6.45, 7) is 2.01. The van der Waals surface area contributed by atoms with Crippen LogP contribution in [0.5, 0.6) is 0 Å². The van der Waals surface area contributed by atoms with Crippen LogP contribution >= 0.6 is 23.1 Å². The van der Waals surface area contributed by atoms with Crippen molar-refractivity contribution in [1.29, 1.82) is 0 Å². The molecule has 1 unspecified atom stereocenters. The highest BCUT2D eigenvalue weighted by atomic mass is 32.2. The molecule has 1 atom stereocenters. The number of rotatable bonds is 5. The normalized spacial score (nSPS) is 18.3. The van der Waals surface area contributed by atoms with Crippen molar-refractivity contribution in [3.63, 3.8) is 0 Å². The van der Waals surface area contributed by atoms with Crippen LogP contribution in [0.2, 0.25) is 0 Å². The number of nitrogens with zero attached hydrogens (tertiary/aromatic N) is 1. The lowest BCUT2D eigenvalue weighted by molar-refractivity contribution is 0.0627. The summed E-state index contributed by atoms with van der Waals surface area (Å²) in [5.74, 6) is 0.681. The third-order valence-electron chi connectivity index (χ3n) is 2.37. The average molecular weight is 297 g/mol. The zero-order chi connectivity index (χ0) is 13.7. The summed E-state index contributed by atoms with van der Waals surface area (Å²) in [6, 6.07) is 3.62. The summed E-state index contributed by atoms with van der Waals surface area (Å²) in [7, 11) is 0. The Morgan fingerprint density at radius 1 is 1.68 bits per heavy atom. The number of amides is 1. The van der Waals surface area contributed by atoms with E-state index in [0.717, 1.165) is 10.9 Å². The Labute approximate surface area is 120 Å². The second-order valence-corrected chi connectivity index (χ2v) is 5.56. The van der Waals surface area contributed by atoms with Gasteiger partial charge < -0.3 is 15.4 Å². The van der Waals surface area contributed by atoms with Gasteiger partial charge in [0.1, 0.15) is 12.6 Å². The Balaban J connectivity index is 1.81. The van der Waals surface area contributed by atoms with Gasteiger partial charge in [0, 0.05) is 0 Å². The van der Waals surface area contributed by atoms with E-state index in [4.69, 9.17) is 4.74 Å². The number of amidine groups is 1. The molecule has 0 spiro atoms. The Bertz CT molecular complexity index is 497. The molecule has 1 aromatic rings. The molecule has 7 heteroatoms. The van der Waals surface area contributed by atoms with Crippen LogP contribution in [0.3, 0.4) is 0 Å². The Kier molecular flexibility index (Phi) is 5.00. The highest BCUT2D eigenvalue weighted by molar-refractivity contribution is 8.02. The lowest BCUT2D eigenvalue weighted by Crippen LogP contribution is -2.31. The molecule has 5 nitrogen and oxygen atoms in total. The summed E-state index contributed by atoms with van der Waals surface area (Å²) in [5, 5.41) is 8.70. The van der Waals surface area contributed by atoms with Gasteiger partial charge in [0.2, 0.25) is 0 Å². The molecule has 19 heavy (non-hydrogen) atoms. The molecule has 102 valence electrons. The van der Waals surface area contributed by atoms with E-state index in [1.54, 1.807) is 17.8 Å². The minimum Gasteiger partial charge on any atom is -0.339 e. The summed E-state index contributed by atoms with van der Waals surface area (Å²) < 4.78 is 5.51. The second kappa shape index (κ2) is 6.74. The summed E-state index contributed by atoms with van der Waals surface area (Å²) in [6.07, 6.45) is 3.51. The van der Waals surface area contributed by atoms with E-state index in [-0.39, 0.29) is 18.9 Å². The molecule has 0 saturated carbocycles. The number of carbonyl (C=O) groups excluding carboxylic acids is 1. The standard InChI is InChI=1S/C12H15N3O2S2/c1-8-14-10(6-11(15-8)18-2)17-7-13-12(16)9-4-3-5-19-9/h3-6,10H,7H2,1-2H3,(H,13,16)(H,14,15). The summed E-state index contributed by atoms with van der Waals surface area (Å²) >= 11 is 3.00. The number of hydrogen-bond acceptors (Lipinski definition) is 6. The van der Waals surface area contributed by atoms with Crippen LogP contribution in [-0.4, -0.2) is 31.0 Å². The van der Waals surface area contributed by atoms with Gasteiger partial charge >= 0.3 is 0 Å². The minimum atomic E-state index is -0.354. The fourth-order valence-corrected chi connectivity index (χ4v) is 2.64. The van der Waals surface area contributed by atoms with Crippen molar-refractivity contribution in [2.24, 2.45) is 4.99 Å². The van der Waals surface area contributed by atoms with Gasteiger partial charge in [-0.05, 0) is 30.7 Å². The van der Waals surface area contributed by atoms with E-state index in [1.807, 2.05) is 30.7 Å². The van der Waals surface area contributed by atoms with E-state index in [1.165, 1.54) is 11.3 Å². The van der Waals surface area contributed by atoms with E-state index in [2.05, 4.69) is 15.6 Å². The Hall–Kier alpha value is -1.31. The zero-order valence-corrected chi connectivity index (χ0v) is 12.3. The van der Waals surface area contributed by atoms with E-state index in [9.17, 15) is 4.79 Å². The SMILES string of the molecule is CSC1=CC(OCNC(=O)c2cccs2)N=C(C)N1. The first-order chi connectivity index (χ1) is 9.19. The number of aliphatic imine (C=N–C) groups is 1. The molecule has 2 rings (SSSR count). The maximum atomic E-state index is 11.7. The lowest BCUT2D eigenvalue weighted by atomic mass is 10.4. The number of carbonyl (C=O) groups is 1. The number of thioether (sulfide) groups is 1. The van der Waals surface area contributed by atoms with Crippen LogP contribution in [0, 0.1) is 0 Å². The van der Waals surface area contributed by atoms with Gasteiger partial charge in [-0.15, -0.1) is 23.1 Å². The number of hydrogen-bond donors (Lipinski definition) is 2. The number of thiophene rings is 1. The smallest absolute Gasteiger partial charge is 0.263 e. The molecule has 0 radical (unpaired) electrons. The fourth-order valence-electron chi connectivity index (χ4n) is 1.50. The topological polar surface area (TPSA) is 62.7 Å². The molecule has 2 heterocycles. The van der Waals surface area contributed by atoms with Gasteiger partial charge in [0.05, 0.1) is 9.91 Å². The summed E-state index contributed by atoms with van der Waals surface area (Å²) in [4.78, 5) is 16.6. The van der Waals surface area contributed by atoms with Crippen molar-refractivity contribution in [2.75, 3.05) is 13.0 Å². The van der Waals surface area contributed by atoms with Crippen LogP contribution in [0.25, 0.3) is 0 Å². The molecular weight excluding hydrogens is 282 g/mol. The monoisotopic (exact) mass is 297 g/mol. The average Bonchev–Trinajstić information content (AvgIpc) is 2.92. The van der Waals surface area contributed by atoms with Gasteiger partial charge in [-0.25, -0.2) is 4.99 Å². The second-order valence-electron chi connectivity index (χ2n) is 3.76. The quantitative estimate of drug-likeness (QED) is 0.816. The van der Waals surface area contributed by atoms with E-state index < -0.39 is 0 Å². The van der Waals surface area contributed by atoms with Gasteiger partial charge in [-0.1, -0.05) is 6.07 Å². The van der Waals surface area contributed by atoms with Crippen molar-refractivity contribution in [1.82, 2.24) is 10.6 Å². The first kappa shape index (κ1) is 14.1. The molecule has 1 amide bonds. The molecule has 1 aromatic heterocycles. The molecule has 0 fully saturated rings. The van der Waals surface area contributed by atoms with Gasteiger partial charge in [-0.3, -0.25) is 4.79 Å². The van der Waals surface area contributed by atoms with Gasteiger partial charge in [0.25, 0.3) is 5.91 Å². The van der Waals surface area contributed by atoms with Crippen molar-refractivity contribution >= 4 is 34.8 Å². The van der Waals surface area contributed by atoms with Gasteiger partial charge in [0.15, 0.2) is 6.23 Å². The largest absolute Gasteiger partial charge is 0.339 e. The Morgan fingerprint density at radius 3 is 3.21 bits per heavy atom. The van der Waals surface area contributed by atoms with Crippen LogP contribution < -0.4 is 10.6 Å². The lowest BCUT2D eigenvalue weighted by Gasteiger charge is -2.19. The maximum absolute atomic E-state index is 11.7. The molecule has 1 aliphatic heterocycles. The van der Waals surface area contributed by atoms with Crippen molar-refractivity contribution in [3.8, 4) is 0 Å². The third kappa shape index (κ3) is 4.09. The van der Waals surface area contributed by atoms with Gasteiger partial charge in [-0.2, -0.15) is 0 Å². The zero-order valence-electron chi connectivity index (χ0n) is 10.7. The van der Waals surface area contributed by atoms with E-state index >= 15 is 0 Å². The fraction of sp³-hybridized carbons (Fsp3) is 0.333. The molecule has 0 saturated heterocycles. The van der Waals surface area contributed by atoms with Crippen molar-refractivity contribution < 1.29 is 9.53 Å².